The van der Waals surface area contributed by atoms with Crippen molar-refractivity contribution in [3.8, 4) is 47.5 Å². The molecule has 9 heterocycles. The first kappa shape index (κ1) is 80.9. The number of terminal acetylenes is 1. The maximum atomic E-state index is 12.9. The molecule has 0 aromatic carbocycles. The van der Waals surface area contributed by atoms with Gasteiger partial charge in [0.2, 0.25) is 17.7 Å². The number of nitrogens with zero attached hydrogens (tertiary/aromatic N) is 15. The predicted octanol–water partition coefficient (Wildman–Crippen LogP) is 5.81. The monoisotopic (exact) mass is 1460 g/mol. The summed E-state index contributed by atoms with van der Waals surface area (Å²) in [6.45, 7) is 12.3. The van der Waals surface area contributed by atoms with E-state index in [1.165, 1.54) is 60.1 Å². The topological polar surface area (TPSA) is 333 Å². The number of amides is 9. The summed E-state index contributed by atoms with van der Waals surface area (Å²) in [5, 5.41) is 8.19. The first-order valence-corrected chi connectivity index (χ1v) is 34.5. The molecule has 1 atom stereocenters. The lowest BCUT2D eigenvalue weighted by atomic mass is 10.0. The molecule has 562 valence electrons. The van der Waals surface area contributed by atoms with Gasteiger partial charge in [-0.25, -0.2) is 44.3 Å². The second-order valence-corrected chi connectivity index (χ2v) is 25.7. The van der Waals surface area contributed by atoms with Crippen LogP contribution in [0.3, 0.4) is 0 Å². The molecule has 0 bridgehead atoms. The van der Waals surface area contributed by atoms with Gasteiger partial charge in [0.15, 0.2) is 18.9 Å². The zero-order valence-corrected chi connectivity index (χ0v) is 62.1. The highest BCUT2D eigenvalue weighted by Crippen LogP contribution is 2.34. The van der Waals surface area contributed by atoms with Crippen molar-refractivity contribution in [2.24, 2.45) is 5.92 Å². The number of piperazine rings is 3. The van der Waals surface area contributed by atoms with Crippen molar-refractivity contribution in [1.82, 2.24) is 59.3 Å². The smallest absolute Gasteiger partial charge is 0.328 e. The van der Waals surface area contributed by atoms with Crippen LogP contribution in [0.1, 0.15) is 104 Å². The first-order chi connectivity index (χ1) is 51.5. The molecule has 3 N–H and O–H groups in total. The lowest BCUT2D eigenvalue weighted by Crippen LogP contribution is -2.48. The van der Waals surface area contributed by atoms with Crippen LogP contribution in [0.25, 0.3) is 0 Å². The van der Waals surface area contributed by atoms with Gasteiger partial charge in [0, 0.05) is 147 Å². The second-order valence-electron chi connectivity index (χ2n) is 25.7. The molecule has 4 aliphatic rings. The highest BCUT2D eigenvalue weighted by atomic mass is 16.5. The summed E-state index contributed by atoms with van der Waals surface area (Å²) >= 11 is 0. The van der Waals surface area contributed by atoms with Crippen molar-refractivity contribution in [2.75, 3.05) is 166 Å². The molecule has 31 nitrogen and oxygen atoms in total. The van der Waals surface area contributed by atoms with Gasteiger partial charge >= 0.3 is 18.1 Å². The Labute approximate surface area is 622 Å². The van der Waals surface area contributed by atoms with Gasteiger partial charge in [-0.3, -0.25) is 74.1 Å². The fourth-order valence-corrected chi connectivity index (χ4v) is 11.1. The van der Waals surface area contributed by atoms with E-state index in [9.17, 15) is 43.2 Å². The van der Waals surface area contributed by atoms with E-state index in [0.717, 1.165) is 37.2 Å². The fraction of sp³-hybridized carbons (Fsp3) is 0.408. The lowest BCUT2D eigenvalue weighted by molar-refractivity contribution is -0.136. The van der Waals surface area contributed by atoms with Crippen molar-refractivity contribution >= 4 is 89.6 Å². The fourth-order valence-electron chi connectivity index (χ4n) is 11.1. The van der Waals surface area contributed by atoms with Crippen LogP contribution in [-0.2, 0) is 49.9 Å². The number of hydrogen-bond acceptors (Lipinski definition) is 22. The molecule has 4 fully saturated rings. The van der Waals surface area contributed by atoms with Gasteiger partial charge in [0.1, 0.15) is 76.2 Å². The van der Waals surface area contributed by atoms with Crippen LogP contribution in [-0.4, -0.2) is 255 Å². The zero-order chi connectivity index (χ0) is 77.3. The summed E-state index contributed by atoms with van der Waals surface area (Å²) in [6.07, 6.45) is 15.2. The Bertz CT molecular complexity index is 4290. The molecule has 107 heavy (non-hydrogen) atoms. The summed E-state index contributed by atoms with van der Waals surface area (Å²) in [5.74, 6) is 17.5. The van der Waals surface area contributed by atoms with Crippen LogP contribution in [0.2, 0.25) is 0 Å². The highest BCUT2D eigenvalue weighted by Gasteiger charge is 2.29. The molecule has 3 aliphatic heterocycles. The number of rotatable bonds is 25. The Morgan fingerprint density at radius 3 is 1.32 bits per heavy atom. The molecule has 10 rings (SSSR count). The number of aromatic nitrogens is 6. The van der Waals surface area contributed by atoms with Gasteiger partial charge in [0.25, 0.3) is 0 Å². The first-order valence-electron chi connectivity index (χ1n) is 34.5. The van der Waals surface area contributed by atoms with Crippen LogP contribution >= 0.6 is 0 Å². The number of methoxy groups -OCH3 is 2. The number of ether oxygens (including phenoxy) is 4. The van der Waals surface area contributed by atoms with Crippen LogP contribution in [0, 0.1) is 41.9 Å². The van der Waals surface area contributed by atoms with Gasteiger partial charge in [-0.05, 0) is 96.9 Å². The summed E-state index contributed by atoms with van der Waals surface area (Å²) in [7, 11) is 13.5. The van der Waals surface area contributed by atoms with E-state index in [1.54, 1.807) is 98.5 Å². The molecular formula is C76H90N18O13. The molecular weight excluding hydrogens is 1370 g/mol. The van der Waals surface area contributed by atoms with Gasteiger partial charge in [-0.2, -0.15) is 0 Å². The summed E-state index contributed by atoms with van der Waals surface area (Å²) in [5.41, 5.74) is 5.42. The molecule has 0 unspecified atom stereocenters. The number of carbonyl (C=O) groups excluding carboxylic acids is 9. The second kappa shape index (κ2) is 39.4. The van der Waals surface area contributed by atoms with E-state index in [4.69, 9.17) is 25.4 Å². The van der Waals surface area contributed by atoms with Crippen molar-refractivity contribution in [2.45, 2.75) is 65.8 Å². The average molecular weight is 1460 g/mol. The number of likely N-dealkylation sites (N-methyl/N-ethyl adjacent to an activating group) is 3. The molecule has 3 saturated heterocycles. The third-order valence-electron chi connectivity index (χ3n) is 17.5. The quantitative estimate of drug-likeness (QED) is 0.0346. The van der Waals surface area contributed by atoms with E-state index < -0.39 is 18.1 Å². The molecule has 0 radical (unpaired) electrons. The van der Waals surface area contributed by atoms with Crippen molar-refractivity contribution in [3.63, 3.8) is 0 Å². The van der Waals surface area contributed by atoms with E-state index in [1.807, 2.05) is 48.8 Å². The standard InChI is InChI=1S/C26H30N6O3.2C25H30N6O5/c1-4-5-19-14-27-23(13-21(19)12-18-6-7-18)29-26(35)31(3)24-9-8-20(22(17-33)28-24)15-32-11-10-30(2)16-25(32)34;1-6-18-12-26-22(11-21(18)36-17(2)16-35-5)28-25(34)30(4)23-8-7-19(20(15-32)27-23)13-31-10-9-29(3)14-24(31)33;1-5-6-18-14-26-22(13-21(18)36-12-11-35-4)28-25(34)30(3)23-8-7-19(20(17-32)27-23)15-31-10-9-29(2)16-24(31)33/h8-9,13-14,17-18H,6-7,10-12,15-16H2,1-3H3,(H,27,29,35);1,7-8,11-12,15,17H,9-10,13-14,16H2,2-5H3,(H,26,28,34);7-8,13-14,17H,9-12,15-16H2,1-4H3,(H,26,28,34)/t;17-;/m.1./s1. The maximum absolute atomic E-state index is 12.9. The van der Waals surface area contributed by atoms with Gasteiger partial charge in [0.05, 0.1) is 44.0 Å². The number of hydrogen-bond donors (Lipinski definition) is 3. The summed E-state index contributed by atoms with van der Waals surface area (Å²) in [6, 6.07) is 13.6. The zero-order valence-electron chi connectivity index (χ0n) is 62.1. The summed E-state index contributed by atoms with van der Waals surface area (Å²) < 4.78 is 21.6. The summed E-state index contributed by atoms with van der Waals surface area (Å²) in [4.78, 5) is 151. The molecule has 9 amide bonds. The Morgan fingerprint density at radius 1 is 0.551 bits per heavy atom. The lowest BCUT2D eigenvalue weighted by Gasteiger charge is -2.32. The van der Waals surface area contributed by atoms with Gasteiger partial charge in [-0.1, -0.05) is 36.0 Å². The van der Waals surface area contributed by atoms with Crippen LogP contribution < -0.4 is 40.1 Å². The van der Waals surface area contributed by atoms with E-state index in [2.05, 4.69) is 75.5 Å². The van der Waals surface area contributed by atoms with E-state index in [0.29, 0.717) is 141 Å². The highest BCUT2D eigenvalue weighted by molar-refractivity contribution is 6.02. The van der Waals surface area contributed by atoms with Gasteiger partial charge in [-0.15, -0.1) is 18.3 Å². The molecule has 0 spiro atoms. The molecule has 1 saturated carbocycles. The van der Waals surface area contributed by atoms with Crippen molar-refractivity contribution < 1.29 is 62.1 Å². The number of carbonyl (C=O) groups is 9. The third kappa shape index (κ3) is 23.1. The van der Waals surface area contributed by atoms with Crippen LogP contribution in [0.5, 0.6) is 11.5 Å². The third-order valence-corrected chi connectivity index (χ3v) is 17.5. The van der Waals surface area contributed by atoms with Crippen LogP contribution in [0.4, 0.5) is 49.3 Å². The van der Waals surface area contributed by atoms with Crippen molar-refractivity contribution in [1.29, 1.82) is 0 Å². The Morgan fingerprint density at radius 2 is 0.944 bits per heavy atom. The number of anilines is 6. The largest absolute Gasteiger partial charge is 0.490 e. The maximum Gasteiger partial charge on any atom is 0.328 e. The molecule has 31 heteroatoms. The average Bonchev–Trinajstić information content (AvgIpc) is 1.83. The normalized spacial score (nSPS) is 14.7. The molecule has 6 aromatic heterocycles. The Hall–Kier alpha value is -11.8. The Balaban J connectivity index is 0.000000202. The number of aldehydes is 3. The van der Waals surface area contributed by atoms with Gasteiger partial charge < -0.3 is 33.6 Å². The number of urea groups is 3. The van der Waals surface area contributed by atoms with E-state index >= 15 is 0 Å². The van der Waals surface area contributed by atoms with Crippen LogP contribution in [0.15, 0.2) is 73.2 Å². The minimum Gasteiger partial charge on any atom is -0.490 e. The number of nitrogens with one attached hydrogen (secondary N) is 3. The molecule has 1 aliphatic carbocycles. The predicted molar refractivity (Wildman–Crippen MR) is 401 cm³/mol. The minimum atomic E-state index is -0.529. The van der Waals surface area contributed by atoms with Crippen molar-refractivity contribution in [3.05, 3.63) is 129 Å². The minimum absolute atomic E-state index is 0.00447. The van der Waals surface area contributed by atoms with E-state index in [-0.39, 0.29) is 77.3 Å². The number of pyridine rings is 6. The SMILES string of the molecule is C#Cc1cnc(NC(=O)N(C)c2ccc(CN3CCN(C)CC3=O)c(C=O)n2)cc1O[C@H](C)COC.CC#Cc1cnc(NC(=O)N(C)c2ccc(CN3CCN(C)CC3=O)c(C=O)n2)cc1CC1CC1.CC#Cc1cnc(NC(=O)N(C)c2ccc(CN3CCN(C)CC3=O)c(C=O)n2)cc1OCCOC. The molecule has 6 aromatic rings. The Kier molecular flexibility index (Phi) is 29.8.